The van der Waals surface area contributed by atoms with E-state index in [9.17, 15) is 4.79 Å². The van der Waals surface area contributed by atoms with Crippen molar-refractivity contribution >= 4 is 27.6 Å². The van der Waals surface area contributed by atoms with Gasteiger partial charge >= 0.3 is 6.03 Å². The van der Waals surface area contributed by atoms with Crippen molar-refractivity contribution in [2.75, 3.05) is 12.4 Å². The summed E-state index contributed by atoms with van der Waals surface area (Å²) in [4.78, 5) is 11.1. The lowest BCUT2D eigenvalue weighted by molar-refractivity contribution is 0.254. The maximum atomic E-state index is 11.1. The predicted molar refractivity (Wildman–Crippen MR) is 61.6 cm³/mol. The maximum absolute atomic E-state index is 11.1. The number of anilines is 1. The van der Waals surface area contributed by atoms with Crippen LogP contribution in [0.2, 0.25) is 0 Å². The molecule has 14 heavy (non-hydrogen) atoms. The standard InChI is InChI=1S/C10H13BrN2O/c1-3-7-6-8(11)4-5-9(7)13-10(14)12-2/h4-6H,3H2,1-2H3,(H2,12,13,14). The van der Waals surface area contributed by atoms with Crippen LogP contribution >= 0.6 is 15.9 Å². The zero-order valence-corrected chi connectivity index (χ0v) is 9.81. The molecule has 76 valence electrons. The summed E-state index contributed by atoms with van der Waals surface area (Å²) in [5.74, 6) is 0. The minimum Gasteiger partial charge on any atom is -0.341 e. The molecule has 0 aromatic heterocycles. The van der Waals surface area contributed by atoms with E-state index in [4.69, 9.17) is 0 Å². The first-order valence-electron chi connectivity index (χ1n) is 4.44. The van der Waals surface area contributed by atoms with E-state index >= 15 is 0 Å². The molecule has 0 radical (unpaired) electrons. The second-order valence-corrected chi connectivity index (χ2v) is 3.77. The molecule has 0 aliphatic rings. The number of aryl methyl sites for hydroxylation is 1. The molecule has 4 heteroatoms. The first-order chi connectivity index (χ1) is 6.67. The average molecular weight is 257 g/mol. The third-order valence-electron chi connectivity index (χ3n) is 1.92. The van der Waals surface area contributed by atoms with Crippen LogP contribution in [0.25, 0.3) is 0 Å². The topological polar surface area (TPSA) is 41.1 Å². The number of hydrogen-bond acceptors (Lipinski definition) is 1. The average Bonchev–Trinajstić information content (AvgIpc) is 2.20. The normalized spacial score (nSPS) is 9.64. The summed E-state index contributed by atoms with van der Waals surface area (Å²) in [6.45, 7) is 2.05. The first-order valence-corrected chi connectivity index (χ1v) is 5.23. The SMILES string of the molecule is CCc1cc(Br)ccc1NC(=O)NC. The van der Waals surface area contributed by atoms with Gasteiger partial charge in [-0.1, -0.05) is 22.9 Å². The van der Waals surface area contributed by atoms with Crippen molar-refractivity contribution in [2.24, 2.45) is 0 Å². The summed E-state index contributed by atoms with van der Waals surface area (Å²) < 4.78 is 1.02. The molecule has 0 aliphatic heterocycles. The Morgan fingerprint density at radius 1 is 1.50 bits per heavy atom. The molecule has 1 rings (SSSR count). The number of halogens is 1. The number of rotatable bonds is 2. The molecule has 2 amide bonds. The molecular formula is C10H13BrN2O. The van der Waals surface area contributed by atoms with Gasteiger partial charge in [-0.25, -0.2) is 4.79 Å². The molecule has 1 aromatic carbocycles. The van der Waals surface area contributed by atoms with Gasteiger partial charge in [0.2, 0.25) is 0 Å². The Hall–Kier alpha value is -1.03. The summed E-state index contributed by atoms with van der Waals surface area (Å²) in [6, 6.07) is 5.61. The second kappa shape index (κ2) is 5.00. The summed E-state index contributed by atoms with van der Waals surface area (Å²) in [5, 5.41) is 5.29. The van der Waals surface area contributed by atoms with Gasteiger partial charge in [0.15, 0.2) is 0 Å². The lowest BCUT2D eigenvalue weighted by Crippen LogP contribution is -2.25. The lowest BCUT2D eigenvalue weighted by Gasteiger charge is -2.09. The highest BCUT2D eigenvalue weighted by Gasteiger charge is 2.03. The second-order valence-electron chi connectivity index (χ2n) is 2.86. The summed E-state index contributed by atoms with van der Waals surface area (Å²) >= 11 is 3.39. The van der Waals surface area contributed by atoms with Gasteiger partial charge in [-0.05, 0) is 30.2 Å². The Morgan fingerprint density at radius 2 is 2.21 bits per heavy atom. The van der Waals surface area contributed by atoms with Crippen molar-refractivity contribution < 1.29 is 4.79 Å². The van der Waals surface area contributed by atoms with Crippen LogP contribution in [-0.2, 0) is 6.42 Å². The van der Waals surface area contributed by atoms with Gasteiger partial charge in [-0.15, -0.1) is 0 Å². The van der Waals surface area contributed by atoms with E-state index in [-0.39, 0.29) is 6.03 Å². The van der Waals surface area contributed by atoms with Crippen molar-refractivity contribution in [1.29, 1.82) is 0 Å². The molecule has 0 bridgehead atoms. The van der Waals surface area contributed by atoms with Gasteiger partial charge in [0, 0.05) is 17.2 Å². The fourth-order valence-electron chi connectivity index (χ4n) is 1.16. The van der Waals surface area contributed by atoms with E-state index in [1.807, 2.05) is 18.2 Å². The molecule has 1 aromatic rings. The zero-order chi connectivity index (χ0) is 10.6. The minimum absolute atomic E-state index is 0.193. The number of nitrogens with one attached hydrogen (secondary N) is 2. The van der Waals surface area contributed by atoms with Crippen molar-refractivity contribution in [3.8, 4) is 0 Å². The van der Waals surface area contributed by atoms with Crippen molar-refractivity contribution in [3.05, 3.63) is 28.2 Å². The molecule has 0 fully saturated rings. The first kappa shape index (κ1) is 11.0. The van der Waals surface area contributed by atoms with E-state index in [1.165, 1.54) is 0 Å². The monoisotopic (exact) mass is 256 g/mol. The number of carbonyl (C=O) groups excluding carboxylic acids is 1. The number of urea groups is 1. The van der Waals surface area contributed by atoms with E-state index in [0.29, 0.717) is 0 Å². The van der Waals surface area contributed by atoms with Crippen LogP contribution in [0.15, 0.2) is 22.7 Å². The van der Waals surface area contributed by atoms with Crippen LogP contribution in [0, 0.1) is 0 Å². The molecule has 3 nitrogen and oxygen atoms in total. The maximum Gasteiger partial charge on any atom is 0.318 e. The van der Waals surface area contributed by atoms with Crippen molar-refractivity contribution in [3.63, 3.8) is 0 Å². The fraction of sp³-hybridized carbons (Fsp3) is 0.300. The van der Waals surface area contributed by atoms with Gasteiger partial charge in [0.05, 0.1) is 0 Å². The number of amides is 2. The molecule has 0 saturated carbocycles. The van der Waals surface area contributed by atoms with Crippen LogP contribution < -0.4 is 10.6 Å². The highest BCUT2D eigenvalue weighted by atomic mass is 79.9. The van der Waals surface area contributed by atoms with E-state index in [2.05, 4.69) is 33.5 Å². The summed E-state index contributed by atoms with van der Waals surface area (Å²) in [5.41, 5.74) is 1.97. The van der Waals surface area contributed by atoms with Gasteiger partial charge in [0.1, 0.15) is 0 Å². The van der Waals surface area contributed by atoms with E-state index in [1.54, 1.807) is 7.05 Å². The molecular weight excluding hydrogens is 244 g/mol. The lowest BCUT2D eigenvalue weighted by atomic mass is 10.1. The third kappa shape index (κ3) is 2.73. The van der Waals surface area contributed by atoms with Gasteiger partial charge in [-0.3, -0.25) is 0 Å². The zero-order valence-electron chi connectivity index (χ0n) is 8.23. The molecule has 0 atom stereocenters. The fourth-order valence-corrected chi connectivity index (χ4v) is 1.57. The Bertz CT molecular complexity index is 339. The van der Waals surface area contributed by atoms with E-state index in [0.717, 1.165) is 22.1 Å². The van der Waals surface area contributed by atoms with Crippen molar-refractivity contribution in [2.45, 2.75) is 13.3 Å². The molecule has 0 spiro atoms. The highest BCUT2D eigenvalue weighted by Crippen LogP contribution is 2.21. The van der Waals surface area contributed by atoms with Crippen LogP contribution in [-0.4, -0.2) is 13.1 Å². The summed E-state index contributed by atoms with van der Waals surface area (Å²) in [7, 11) is 1.60. The van der Waals surface area contributed by atoms with Crippen LogP contribution in [0.3, 0.4) is 0 Å². The predicted octanol–water partition coefficient (Wildman–Crippen LogP) is 2.76. The smallest absolute Gasteiger partial charge is 0.318 e. The Labute approximate surface area is 92.0 Å². The third-order valence-corrected chi connectivity index (χ3v) is 2.42. The molecule has 0 unspecified atom stereocenters. The minimum atomic E-state index is -0.193. The highest BCUT2D eigenvalue weighted by molar-refractivity contribution is 9.10. The Morgan fingerprint density at radius 3 is 2.79 bits per heavy atom. The van der Waals surface area contributed by atoms with Crippen LogP contribution in [0.5, 0.6) is 0 Å². The Kier molecular flexibility index (Phi) is 3.95. The molecule has 2 N–H and O–H groups in total. The number of hydrogen-bond donors (Lipinski definition) is 2. The molecule has 0 heterocycles. The molecule has 0 aliphatic carbocycles. The summed E-state index contributed by atoms with van der Waals surface area (Å²) in [6.07, 6.45) is 0.888. The largest absolute Gasteiger partial charge is 0.341 e. The van der Waals surface area contributed by atoms with Gasteiger partial charge in [0.25, 0.3) is 0 Å². The van der Waals surface area contributed by atoms with Crippen molar-refractivity contribution in [1.82, 2.24) is 5.32 Å². The number of benzene rings is 1. The van der Waals surface area contributed by atoms with Gasteiger partial charge in [-0.2, -0.15) is 0 Å². The Balaban J connectivity index is 2.90. The molecule has 0 saturated heterocycles. The quantitative estimate of drug-likeness (QED) is 0.840. The van der Waals surface area contributed by atoms with Gasteiger partial charge < -0.3 is 10.6 Å². The van der Waals surface area contributed by atoms with Crippen LogP contribution in [0.4, 0.5) is 10.5 Å². The van der Waals surface area contributed by atoms with E-state index < -0.39 is 0 Å². The van der Waals surface area contributed by atoms with Crippen LogP contribution in [0.1, 0.15) is 12.5 Å². The number of carbonyl (C=O) groups is 1.